The van der Waals surface area contributed by atoms with Crippen molar-refractivity contribution in [1.29, 1.82) is 0 Å². The molecule has 0 radical (unpaired) electrons. The molecule has 8 heteroatoms. The van der Waals surface area contributed by atoms with Crippen LogP contribution in [0.3, 0.4) is 0 Å². The number of hydrogen-bond acceptors (Lipinski definition) is 5. The summed E-state index contributed by atoms with van der Waals surface area (Å²) in [6.45, 7) is 3.10. The normalized spacial score (nSPS) is 20.3. The number of anilines is 1. The molecule has 1 atom stereocenters. The van der Waals surface area contributed by atoms with Gasteiger partial charge in [-0.15, -0.1) is 0 Å². The van der Waals surface area contributed by atoms with Crippen LogP contribution in [0.15, 0.2) is 0 Å². The van der Waals surface area contributed by atoms with Crippen molar-refractivity contribution in [1.82, 2.24) is 20.3 Å². The van der Waals surface area contributed by atoms with Gasteiger partial charge in [-0.25, -0.2) is 0 Å². The van der Waals surface area contributed by atoms with E-state index in [1.807, 2.05) is 6.92 Å². The Kier molecular flexibility index (Phi) is 3.63. The zero-order valence-electron chi connectivity index (χ0n) is 9.15. The van der Waals surface area contributed by atoms with Gasteiger partial charge in [0.1, 0.15) is 6.04 Å². The molecule has 0 saturated carbocycles. The Morgan fingerprint density at radius 3 is 2.59 bits per heavy atom. The van der Waals surface area contributed by atoms with Crippen molar-refractivity contribution in [2.75, 3.05) is 18.0 Å². The molecule has 2 rings (SSSR count). The number of nitrogens with zero attached hydrogens (tertiary/aromatic N) is 4. The van der Waals surface area contributed by atoms with Gasteiger partial charge in [0.25, 0.3) is 0 Å². The predicted octanol–water partition coefficient (Wildman–Crippen LogP) is 0.893. The van der Waals surface area contributed by atoms with Crippen molar-refractivity contribution in [3.63, 3.8) is 0 Å². The van der Waals surface area contributed by atoms with E-state index in [1.165, 1.54) is 0 Å². The second-order valence-corrected chi connectivity index (χ2v) is 4.26. The first-order valence-corrected chi connectivity index (χ1v) is 5.99. The van der Waals surface area contributed by atoms with E-state index in [0.717, 1.165) is 0 Å². The number of carbonyl (C=O) groups is 1. The van der Waals surface area contributed by atoms with Gasteiger partial charge < -0.3 is 10.2 Å². The molecule has 1 aliphatic rings. The summed E-state index contributed by atoms with van der Waals surface area (Å²) >= 11 is 11.4. The Labute approximate surface area is 108 Å². The molecule has 0 aliphatic carbocycles. The molecule has 1 unspecified atom stereocenters. The molecule has 92 valence electrons. The van der Waals surface area contributed by atoms with Crippen LogP contribution in [0.1, 0.15) is 13.3 Å². The summed E-state index contributed by atoms with van der Waals surface area (Å²) in [4.78, 5) is 25.1. The highest BCUT2D eigenvalue weighted by molar-refractivity contribution is 6.31. The van der Waals surface area contributed by atoms with Crippen molar-refractivity contribution >= 4 is 35.1 Å². The van der Waals surface area contributed by atoms with Crippen LogP contribution in [-0.4, -0.2) is 40.0 Å². The Hall–Kier alpha value is -1.14. The molecule has 1 N–H and O–H groups in total. The van der Waals surface area contributed by atoms with E-state index in [2.05, 4.69) is 20.3 Å². The molecule has 0 spiro atoms. The minimum atomic E-state index is -0.293. The number of carbonyl (C=O) groups excluding carboxylic acids is 1. The lowest BCUT2D eigenvalue weighted by molar-refractivity contribution is -0.123. The van der Waals surface area contributed by atoms with E-state index >= 15 is 0 Å². The number of aromatic nitrogens is 3. The third-order valence-corrected chi connectivity index (χ3v) is 2.88. The van der Waals surface area contributed by atoms with E-state index in [4.69, 9.17) is 23.2 Å². The quantitative estimate of drug-likeness (QED) is 0.868. The number of piperazine rings is 1. The molecule has 2 heterocycles. The zero-order chi connectivity index (χ0) is 12.4. The largest absolute Gasteiger partial charge is 0.353 e. The van der Waals surface area contributed by atoms with Crippen molar-refractivity contribution in [2.24, 2.45) is 0 Å². The van der Waals surface area contributed by atoms with E-state index in [9.17, 15) is 4.79 Å². The third kappa shape index (κ3) is 2.58. The standard InChI is InChI=1S/C9H11Cl2N5O/c1-2-5-6(17)12-3-4-16(5)9-14-7(10)13-8(11)15-9/h5H,2-4H2,1H3,(H,12,17). The molecular weight excluding hydrogens is 265 g/mol. The molecule has 0 bridgehead atoms. The summed E-state index contributed by atoms with van der Waals surface area (Å²) in [5.74, 6) is 0.308. The van der Waals surface area contributed by atoms with Crippen LogP contribution in [0.25, 0.3) is 0 Å². The Morgan fingerprint density at radius 2 is 2.00 bits per heavy atom. The second kappa shape index (κ2) is 5.01. The number of halogens is 2. The highest BCUT2D eigenvalue weighted by Gasteiger charge is 2.30. The number of hydrogen-bond donors (Lipinski definition) is 1. The van der Waals surface area contributed by atoms with Crippen LogP contribution in [0.2, 0.25) is 10.6 Å². The first-order chi connectivity index (χ1) is 8.11. The van der Waals surface area contributed by atoms with Gasteiger partial charge in [0.05, 0.1) is 0 Å². The van der Waals surface area contributed by atoms with Gasteiger partial charge in [-0.2, -0.15) is 15.0 Å². The molecule has 1 saturated heterocycles. The first kappa shape index (κ1) is 12.3. The fourth-order valence-corrected chi connectivity index (χ4v) is 2.16. The topological polar surface area (TPSA) is 71.0 Å². The fraction of sp³-hybridized carbons (Fsp3) is 0.556. The van der Waals surface area contributed by atoms with Gasteiger partial charge in [0.2, 0.25) is 22.4 Å². The minimum Gasteiger partial charge on any atom is -0.353 e. The average Bonchev–Trinajstić information content (AvgIpc) is 2.27. The summed E-state index contributed by atoms with van der Waals surface area (Å²) < 4.78 is 0. The number of rotatable bonds is 2. The zero-order valence-corrected chi connectivity index (χ0v) is 10.7. The highest BCUT2D eigenvalue weighted by Crippen LogP contribution is 2.19. The number of nitrogens with one attached hydrogen (secondary N) is 1. The van der Waals surface area contributed by atoms with E-state index in [0.29, 0.717) is 25.5 Å². The van der Waals surface area contributed by atoms with Gasteiger partial charge in [-0.05, 0) is 29.6 Å². The molecule has 1 aromatic heterocycles. The minimum absolute atomic E-state index is 0.0286. The lowest BCUT2D eigenvalue weighted by atomic mass is 10.1. The monoisotopic (exact) mass is 275 g/mol. The fourth-order valence-electron chi connectivity index (χ4n) is 1.80. The van der Waals surface area contributed by atoms with E-state index in [1.54, 1.807) is 4.90 Å². The Bertz CT molecular complexity index is 421. The summed E-state index contributed by atoms with van der Waals surface area (Å²) in [7, 11) is 0. The Balaban J connectivity index is 2.33. The third-order valence-electron chi connectivity index (χ3n) is 2.54. The second-order valence-electron chi connectivity index (χ2n) is 3.58. The molecule has 0 aromatic carbocycles. The van der Waals surface area contributed by atoms with E-state index < -0.39 is 0 Å². The average molecular weight is 276 g/mol. The van der Waals surface area contributed by atoms with Gasteiger partial charge in [-0.1, -0.05) is 6.92 Å². The van der Waals surface area contributed by atoms with Gasteiger partial charge in [0, 0.05) is 13.1 Å². The predicted molar refractivity (Wildman–Crippen MR) is 64.3 cm³/mol. The maximum absolute atomic E-state index is 11.7. The lowest BCUT2D eigenvalue weighted by Crippen LogP contribution is -2.55. The van der Waals surface area contributed by atoms with Gasteiger partial charge in [0.15, 0.2) is 0 Å². The van der Waals surface area contributed by atoms with Crippen LogP contribution in [0.5, 0.6) is 0 Å². The summed E-state index contributed by atoms with van der Waals surface area (Å²) in [6.07, 6.45) is 0.659. The smallest absolute Gasteiger partial charge is 0.242 e. The van der Waals surface area contributed by atoms with E-state index in [-0.39, 0.29) is 22.5 Å². The Morgan fingerprint density at radius 1 is 1.35 bits per heavy atom. The molecule has 1 fully saturated rings. The van der Waals surface area contributed by atoms with Crippen molar-refractivity contribution in [3.05, 3.63) is 10.6 Å². The maximum atomic E-state index is 11.7. The van der Waals surface area contributed by atoms with Crippen molar-refractivity contribution < 1.29 is 4.79 Å². The number of amides is 1. The summed E-state index contributed by atoms with van der Waals surface area (Å²) in [5.41, 5.74) is 0. The van der Waals surface area contributed by atoms with Gasteiger partial charge >= 0.3 is 0 Å². The van der Waals surface area contributed by atoms with Crippen molar-refractivity contribution in [3.8, 4) is 0 Å². The first-order valence-electron chi connectivity index (χ1n) is 5.23. The maximum Gasteiger partial charge on any atom is 0.242 e. The molecule has 1 aliphatic heterocycles. The lowest BCUT2D eigenvalue weighted by Gasteiger charge is -2.34. The van der Waals surface area contributed by atoms with Crippen LogP contribution in [0, 0.1) is 0 Å². The van der Waals surface area contributed by atoms with Crippen LogP contribution >= 0.6 is 23.2 Å². The SMILES string of the molecule is CCC1C(=O)NCCN1c1nc(Cl)nc(Cl)n1. The molecule has 17 heavy (non-hydrogen) atoms. The molecule has 1 aromatic rings. The molecule has 6 nitrogen and oxygen atoms in total. The molecular formula is C9H11Cl2N5O. The van der Waals surface area contributed by atoms with Crippen molar-refractivity contribution in [2.45, 2.75) is 19.4 Å². The molecule has 1 amide bonds. The summed E-state index contributed by atoms with van der Waals surface area (Å²) in [6, 6.07) is -0.293. The van der Waals surface area contributed by atoms with Crippen LogP contribution < -0.4 is 10.2 Å². The van der Waals surface area contributed by atoms with Crippen LogP contribution in [0.4, 0.5) is 5.95 Å². The summed E-state index contributed by atoms with van der Waals surface area (Å²) in [5, 5.41) is 2.85. The highest BCUT2D eigenvalue weighted by atomic mass is 35.5. The van der Waals surface area contributed by atoms with Crippen LogP contribution in [-0.2, 0) is 4.79 Å². The van der Waals surface area contributed by atoms with Gasteiger partial charge in [-0.3, -0.25) is 4.79 Å².